The molecule has 0 aromatic heterocycles. The zero-order valence-corrected chi connectivity index (χ0v) is 41.3. The van der Waals surface area contributed by atoms with E-state index in [9.17, 15) is 33.1 Å². The number of unbranched alkanes of at least 4 members (excludes halogenated alkanes) is 13. The van der Waals surface area contributed by atoms with Gasteiger partial charge in [0.1, 0.15) is 30.5 Å². The number of rotatable bonds is 42. The quantitative estimate of drug-likeness (QED) is 0.0197. The highest BCUT2D eigenvalue weighted by Crippen LogP contribution is 2.26. The van der Waals surface area contributed by atoms with Gasteiger partial charge >= 0.3 is 16.4 Å². The maximum atomic E-state index is 12.9. The minimum atomic E-state index is -5.08. The van der Waals surface area contributed by atoms with Gasteiger partial charge in [0.05, 0.1) is 19.8 Å². The monoisotopic (exact) mass is 949 g/mol. The standard InChI is InChI=1S/C53H88O12S/c1-3-5-7-9-11-13-15-17-19-21-23-25-27-29-31-33-35-37-39-41-43-61-45-47(46-62-53-51(57)52(65-66(58,59)60)50(56)48(44-54)64-53)63-49(55)42-40-38-36-34-32-30-28-26-24-22-20-18-16-14-12-10-8-6-4-2/h5,7,11-14,17-20,23-26,29,31,47-48,50-54,56-57H,3-4,6,8-10,15-16,21-22,27-28,30,32-46H2,1-2H3,(H,58,59,60)/b7-5-,13-11-,14-12-,19-17-,20-18-,25-23-,26-24-,31-29-. The van der Waals surface area contributed by atoms with E-state index in [1.165, 1.54) is 25.7 Å². The Morgan fingerprint density at radius 3 is 1.53 bits per heavy atom. The molecule has 66 heavy (non-hydrogen) atoms. The molecular weight excluding hydrogens is 861 g/mol. The molecule has 1 heterocycles. The van der Waals surface area contributed by atoms with Gasteiger partial charge in [-0.2, -0.15) is 8.42 Å². The Bertz CT molecular complexity index is 1520. The molecule has 0 aliphatic carbocycles. The van der Waals surface area contributed by atoms with Crippen LogP contribution in [0.2, 0.25) is 0 Å². The fourth-order valence-corrected chi connectivity index (χ4v) is 7.45. The summed E-state index contributed by atoms with van der Waals surface area (Å²) < 4.78 is 59.2. The number of carbonyl (C=O) groups excluding carboxylic acids is 1. The molecule has 0 aromatic rings. The number of aliphatic hydroxyl groups is 3. The summed E-state index contributed by atoms with van der Waals surface area (Å²) >= 11 is 0. The summed E-state index contributed by atoms with van der Waals surface area (Å²) in [7, 11) is -5.08. The molecular formula is C53H88O12S. The van der Waals surface area contributed by atoms with Gasteiger partial charge in [-0.25, -0.2) is 4.18 Å². The maximum Gasteiger partial charge on any atom is 0.397 e. The summed E-state index contributed by atoms with van der Waals surface area (Å²) in [5.41, 5.74) is 0. The van der Waals surface area contributed by atoms with E-state index in [0.717, 1.165) is 116 Å². The SMILES string of the molecule is CC/C=C\C/C=C\C/C=C\C/C=C\C/C=C\CCCCCCOCC(COC1OC(CO)C(O)C(OS(=O)(=O)O)C1O)OC(=O)CCCCCCCC/C=C\C/C=C\C/C=C\CCCCC. The molecule has 0 amide bonds. The van der Waals surface area contributed by atoms with Crippen molar-refractivity contribution in [1.82, 2.24) is 0 Å². The fraction of sp³-hybridized carbons (Fsp3) is 0.679. The summed E-state index contributed by atoms with van der Waals surface area (Å²) in [5, 5.41) is 30.7. The van der Waals surface area contributed by atoms with Crippen molar-refractivity contribution < 1.29 is 56.2 Å². The predicted molar refractivity (Wildman–Crippen MR) is 266 cm³/mol. The van der Waals surface area contributed by atoms with Crippen LogP contribution >= 0.6 is 0 Å². The van der Waals surface area contributed by atoms with Gasteiger partial charge in [0, 0.05) is 13.0 Å². The number of aliphatic hydroxyl groups excluding tert-OH is 3. The lowest BCUT2D eigenvalue weighted by molar-refractivity contribution is -0.301. The zero-order chi connectivity index (χ0) is 48.2. The Morgan fingerprint density at radius 1 is 0.591 bits per heavy atom. The number of ether oxygens (including phenoxy) is 4. The topological polar surface area (TPSA) is 178 Å². The first-order valence-electron chi connectivity index (χ1n) is 25.0. The lowest BCUT2D eigenvalue weighted by Gasteiger charge is -2.41. The van der Waals surface area contributed by atoms with Crippen molar-refractivity contribution in [2.24, 2.45) is 0 Å². The number of hydrogen-bond donors (Lipinski definition) is 4. The van der Waals surface area contributed by atoms with Gasteiger partial charge in [-0.3, -0.25) is 9.35 Å². The third kappa shape index (κ3) is 36.1. The maximum absolute atomic E-state index is 12.9. The van der Waals surface area contributed by atoms with Crippen molar-refractivity contribution in [3.05, 3.63) is 97.2 Å². The summed E-state index contributed by atoms with van der Waals surface area (Å²) in [6.45, 7) is 3.76. The smallest absolute Gasteiger partial charge is 0.397 e. The van der Waals surface area contributed by atoms with E-state index in [0.29, 0.717) is 13.0 Å². The van der Waals surface area contributed by atoms with Crippen LogP contribution in [-0.2, 0) is 38.3 Å². The molecule has 1 saturated heterocycles. The van der Waals surface area contributed by atoms with Gasteiger partial charge in [0.25, 0.3) is 0 Å². The van der Waals surface area contributed by atoms with E-state index in [-0.39, 0.29) is 19.6 Å². The minimum Gasteiger partial charge on any atom is -0.457 e. The first-order chi connectivity index (χ1) is 32.1. The second-order valence-electron chi connectivity index (χ2n) is 16.7. The zero-order valence-electron chi connectivity index (χ0n) is 40.5. The highest BCUT2D eigenvalue weighted by atomic mass is 32.3. The Kier molecular flexibility index (Phi) is 40.1. The first kappa shape index (κ1) is 61.0. The van der Waals surface area contributed by atoms with Crippen molar-refractivity contribution >= 4 is 16.4 Å². The molecule has 1 rings (SSSR count). The summed E-state index contributed by atoms with van der Waals surface area (Å²) in [6.07, 6.45) is 50.0. The van der Waals surface area contributed by atoms with E-state index in [1.54, 1.807) is 0 Å². The van der Waals surface area contributed by atoms with Gasteiger partial charge in [0.15, 0.2) is 6.29 Å². The summed E-state index contributed by atoms with van der Waals surface area (Å²) in [4.78, 5) is 12.9. The molecule has 1 aliphatic rings. The summed E-state index contributed by atoms with van der Waals surface area (Å²) in [5.74, 6) is -0.425. The number of carbonyl (C=O) groups is 1. The third-order valence-electron chi connectivity index (χ3n) is 10.7. The van der Waals surface area contributed by atoms with Crippen LogP contribution in [0.25, 0.3) is 0 Å². The molecule has 0 aromatic carbocycles. The predicted octanol–water partition coefficient (Wildman–Crippen LogP) is 11.4. The van der Waals surface area contributed by atoms with E-state index >= 15 is 0 Å². The molecule has 0 spiro atoms. The molecule has 1 aliphatic heterocycles. The van der Waals surface area contributed by atoms with Crippen LogP contribution < -0.4 is 0 Å². The van der Waals surface area contributed by atoms with Crippen molar-refractivity contribution in [2.45, 2.75) is 205 Å². The molecule has 378 valence electrons. The number of allylic oxidation sites excluding steroid dienone is 16. The van der Waals surface area contributed by atoms with Crippen LogP contribution in [-0.4, -0.2) is 97.5 Å². The average molecular weight is 949 g/mol. The van der Waals surface area contributed by atoms with Gasteiger partial charge in [-0.15, -0.1) is 0 Å². The van der Waals surface area contributed by atoms with Gasteiger partial charge in [-0.05, 0) is 96.3 Å². The van der Waals surface area contributed by atoms with Crippen molar-refractivity contribution in [3.8, 4) is 0 Å². The molecule has 0 saturated carbocycles. The van der Waals surface area contributed by atoms with E-state index in [1.807, 2.05) is 0 Å². The fourth-order valence-electron chi connectivity index (χ4n) is 6.94. The van der Waals surface area contributed by atoms with Gasteiger partial charge < -0.3 is 34.3 Å². The molecule has 13 heteroatoms. The first-order valence-corrected chi connectivity index (χ1v) is 26.4. The number of esters is 1. The van der Waals surface area contributed by atoms with Crippen LogP contribution in [0, 0.1) is 0 Å². The second-order valence-corrected chi connectivity index (χ2v) is 17.7. The molecule has 6 unspecified atom stereocenters. The highest BCUT2D eigenvalue weighted by molar-refractivity contribution is 7.80. The largest absolute Gasteiger partial charge is 0.457 e. The van der Waals surface area contributed by atoms with E-state index < -0.39 is 59.8 Å². The normalized spacial score (nSPS) is 20.4. The van der Waals surface area contributed by atoms with Crippen molar-refractivity contribution in [3.63, 3.8) is 0 Å². The van der Waals surface area contributed by atoms with Gasteiger partial charge in [-0.1, -0.05) is 162 Å². The van der Waals surface area contributed by atoms with Crippen LogP contribution in [0.15, 0.2) is 97.2 Å². The van der Waals surface area contributed by atoms with E-state index in [4.69, 9.17) is 18.9 Å². The Hall–Kier alpha value is -2.98. The van der Waals surface area contributed by atoms with Crippen LogP contribution in [0.3, 0.4) is 0 Å². The molecule has 12 nitrogen and oxygen atoms in total. The molecule has 0 bridgehead atoms. The third-order valence-corrected chi connectivity index (χ3v) is 11.2. The average Bonchev–Trinajstić information content (AvgIpc) is 3.29. The van der Waals surface area contributed by atoms with Crippen LogP contribution in [0.4, 0.5) is 0 Å². The van der Waals surface area contributed by atoms with Crippen LogP contribution in [0.5, 0.6) is 0 Å². The van der Waals surface area contributed by atoms with Crippen molar-refractivity contribution in [1.29, 1.82) is 0 Å². The van der Waals surface area contributed by atoms with Crippen molar-refractivity contribution in [2.75, 3.05) is 26.4 Å². The Labute approximate surface area is 399 Å². The number of hydrogen-bond acceptors (Lipinski definition) is 11. The van der Waals surface area contributed by atoms with Crippen LogP contribution in [0.1, 0.15) is 168 Å². The lowest BCUT2D eigenvalue weighted by atomic mass is 9.99. The highest BCUT2D eigenvalue weighted by Gasteiger charge is 2.48. The summed E-state index contributed by atoms with van der Waals surface area (Å²) in [6, 6.07) is 0. The Balaban J connectivity index is 2.43. The molecule has 4 N–H and O–H groups in total. The molecule has 6 atom stereocenters. The minimum absolute atomic E-state index is 0.00681. The molecule has 1 fully saturated rings. The molecule has 0 radical (unpaired) electrons. The Morgan fingerprint density at radius 2 is 1.05 bits per heavy atom. The van der Waals surface area contributed by atoms with Gasteiger partial charge in [0.2, 0.25) is 0 Å². The second kappa shape index (κ2) is 43.3. The van der Waals surface area contributed by atoms with E-state index in [2.05, 4.69) is 115 Å². The lowest BCUT2D eigenvalue weighted by Crippen LogP contribution is -2.60.